The molecule has 1 aromatic carbocycles. The van der Waals surface area contributed by atoms with Crippen LogP contribution in [0.15, 0.2) is 24.3 Å². The molecule has 10 atom stereocenters. The quantitative estimate of drug-likeness (QED) is 0.764. The van der Waals surface area contributed by atoms with E-state index in [1.807, 2.05) is 0 Å². The maximum Gasteiger partial charge on any atom is 0.193 e. The number of fused-ring (bicyclic) bond motifs is 2. The molecule has 1 saturated carbocycles. The van der Waals surface area contributed by atoms with Gasteiger partial charge in [0.05, 0.1) is 30.7 Å². The average molecular weight is 341 g/mol. The van der Waals surface area contributed by atoms with Crippen molar-refractivity contribution in [2.75, 3.05) is 19.0 Å². The SMILES string of the molecule is CC[C@@H]1[C@H]2C[C@H]3[C@@H]4N(C)c5ccccc5[C@@]45C[C@@H]([C@@H]2[C@@H]5O)[N@@+]3(C)[C@@H]1O. The van der Waals surface area contributed by atoms with Crippen molar-refractivity contribution in [1.29, 1.82) is 0 Å². The summed E-state index contributed by atoms with van der Waals surface area (Å²) in [5, 5.41) is 23.1. The van der Waals surface area contributed by atoms with Gasteiger partial charge >= 0.3 is 0 Å². The summed E-state index contributed by atoms with van der Waals surface area (Å²) in [6.07, 6.45) is 2.67. The number of rotatable bonds is 1. The van der Waals surface area contributed by atoms with E-state index in [2.05, 4.69) is 50.2 Å². The van der Waals surface area contributed by atoms with Crippen LogP contribution in [0.25, 0.3) is 0 Å². The van der Waals surface area contributed by atoms with Crippen molar-refractivity contribution >= 4 is 5.69 Å². The Morgan fingerprint density at radius 3 is 2.76 bits per heavy atom. The van der Waals surface area contributed by atoms with Gasteiger partial charge in [0.25, 0.3) is 0 Å². The molecule has 6 aliphatic rings. The molecule has 5 bridgehead atoms. The highest BCUT2D eigenvalue weighted by Gasteiger charge is 2.82. The van der Waals surface area contributed by atoms with E-state index in [1.54, 1.807) is 0 Å². The molecule has 1 spiro atoms. The Bertz CT molecular complexity index is 768. The standard InChI is InChI=1S/C21H29N2O2/c1-4-11-12-9-15-18-21(13-7-5-6-8-14(13)22(18)2)10-16(17(12)19(21)24)23(15,3)20(11)25/h5-8,11-12,15-20,24-25H,4,9-10H2,1-3H3/q+1/t11-,12-,15+,16+,17-,18+,19+,20-,21+,23+/m1/s1. The number of piperidine rings is 4. The third kappa shape index (κ3) is 1.27. The summed E-state index contributed by atoms with van der Waals surface area (Å²) in [4.78, 5) is 2.44. The first-order chi connectivity index (χ1) is 12.0. The van der Waals surface area contributed by atoms with Crippen LogP contribution in [-0.2, 0) is 5.41 Å². The van der Waals surface area contributed by atoms with Crippen molar-refractivity contribution in [2.45, 2.75) is 62.1 Å². The minimum atomic E-state index is -0.273. The molecule has 0 amide bonds. The van der Waals surface area contributed by atoms with E-state index in [0.29, 0.717) is 35.9 Å². The van der Waals surface area contributed by atoms with Crippen LogP contribution in [-0.4, -0.2) is 59.2 Å². The smallest absolute Gasteiger partial charge is 0.193 e. The maximum absolute atomic E-state index is 11.7. The first kappa shape index (κ1) is 15.0. The van der Waals surface area contributed by atoms with Gasteiger partial charge in [-0.15, -0.1) is 0 Å². The monoisotopic (exact) mass is 341 g/mol. The Kier molecular flexibility index (Phi) is 2.54. The molecule has 0 radical (unpaired) electrons. The predicted molar refractivity (Wildman–Crippen MR) is 96.1 cm³/mol. The van der Waals surface area contributed by atoms with Crippen LogP contribution >= 0.6 is 0 Å². The van der Waals surface area contributed by atoms with Crippen LogP contribution in [0.2, 0.25) is 0 Å². The lowest BCUT2D eigenvalue weighted by Gasteiger charge is -2.66. The fourth-order valence-corrected chi connectivity index (χ4v) is 8.58. The van der Waals surface area contributed by atoms with E-state index >= 15 is 0 Å². The highest BCUT2D eigenvalue weighted by molar-refractivity contribution is 5.66. The molecule has 5 heterocycles. The third-order valence-corrected chi connectivity index (χ3v) is 9.39. The number of aliphatic hydroxyl groups is 2. The van der Waals surface area contributed by atoms with Gasteiger partial charge in [0.1, 0.15) is 6.04 Å². The molecule has 2 N–H and O–H groups in total. The lowest BCUT2D eigenvalue weighted by Crippen LogP contribution is -2.81. The summed E-state index contributed by atoms with van der Waals surface area (Å²) in [5.74, 6) is 1.17. The molecule has 0 aromatic heterocycles. The van der Waals surface area contributed by atoms with E-state index in [1.165, 1.54) is 11.3 Å². The van der Waals surface area contributed by atoms with E-state index in [4.69, 9.17) is 0 Å². The fraction of sp³-hybridized carbons (Fsp3) is 0.714. The number of hydrogen-bond acceptors (Lipinski definition) is 3. The normalized spacial score (nSPS) is 57.1. The molecule has 7 rings (SSSR count). The summed E-state index contributed by atoms with van der Waals surface area (Å²) in [7, 11) is 4.51. The van der Waals surface area contributed by atoms with E-state index in [-0.39, 0.29) is 17.7 Å². The molecule has 4 nitrogen and oxygen atoms in total. The zero-order chi connectivity index (χ0) is 17.3. The van der Waals surface area contributed by atoms with E-state index in [0.717, 1.165) is 23.7 Å². The highest BCUT2D eigenvalue weighted by atomic mass is 16.3. The topological polar surface area (TPSA) is 43.7 Å². The van der Waals surface area contributed by atoms with Crippen LogP contribution in [0.3, 0.4) is 0 Å². The number of anilines is 1. The summed E-state index contributed by atoms with van der Waals surface area (Å²) in [5.41, 5.74) is 2.54. The minimum Gasteiger partial charge on any atom is -0.392 e. The largest absolute Gasteiger partial charge is 0.392 e. The van der Waals surface area contributed by atoms with Crippen molar-refractivity contribution in [3.05, 3.63) is 29.8 Å². The first-order valence-electron chi connectivity index (χ1n) is 10.0. The van der Waals surface area contributed by atoms with Crippen LogP contribution < -0.4 is 4.90 Å². The zero-order valence-electron chi connectivity index (χ0n) is 15.3. The number of hydrogen-bond donors (Lipinski definition) is 2. The predicted octanol–water partition coefficient (Wildman–Crippen LogP) is 1.70. The van der Waals surface area contributed by atoms with Gasteiger partial charge in [-0.3, -0.25) is 4.48 Å². The summed E-state index contributed by atoms with van der Waals surface area (Å²) in [6.45, 7) is 2.21. The van der Waals surface area contributed by atoms with Crippen molar-refractivity contribution in [2.24, 2.45) is 17.8 Å². The minimum absolute atomic E-state index is 0.125. The van der Waals surface area contributed by atoms with Gasteiger partial charge in [0.2, 0.25) is 0 Å². The molecule has 5 fully saturated rings. The van der Waals surface area contributed by atoms with Gasteiger partial charge in [-0.1, -0.05) is 25.1 Å². The van der Waals surface area contributed by atoms with Crippen LogP contribution in [0.1, 0.15) is 31.7 Å². The van der Waals surface area contributed by atoms with E-state index in [9.17, 15) is 10.2 Å². The summed E-state index contributed by atoms with van der Waals surface area (Å²) in [6, 6.07) is 9.87. The molecule has 1 aliphatic carbocycles. The molecule has 4 heteroatoms. The number of quaternary nitrogens is 1. The Morgan fingerprint density at radius 1 is 1.24 bits per heavy atom. The van der Waals surface area contributed by atoms with Crippen LogP contribution in [0.4, 0.5) is 5.69 Å². The lowest BCUT2D eigenvalue weighted by atomic mass is 9.61. The second-order valence-corrected chi connectivity index (χ2v) is 9.58. The number of nitrogens with zero attached hydrogens (tertiary/aromatic N) is 2. The van der Waals surface area contributed by atoms with Crippen molar-refractivity contribution in [1.82, 2.24) is 0 Å². The van der Waals surface area contributed by atoms with Gasteiger partial charge in [-0.05, 0) is 24.0 Å². The number of likely N-dealkylation sites (N-methyl/N-ethyl adjacent to an activating group) is 2. The Morgan fingerprint density at radius 2 is 2.00 bits per heavy atom. The number of benzene rings is 1. The fourth-order valence-electron chi connectivity index (χ4n) is 8.58. The van der Waals surface area contributed by atoms with Gasteiger partial charge in [0, 0.05) is 37.4 Å². The van der Waals surface area contributed by atoms with E-state index < -0.39 is 0 Å². The molecule has 4 saturated heterocycles. The molecule has 134 valence electrons. The van der Waals surface area contributed by atoms with Crippen LogP contribution in [0.5, 0.6) is 0 Å². The van der Waals surface area contributed by atoms with Crippen molar-refractivity contribution in [3.63, 3.8) is 0 Å². The Labute approximate surface area is 149 Å². The number of para-hydroxylation sites is 1. The molecular weight excluding hydrogens is 312 g/mol. The van der Waals surface area contributed by atoms with Gasteiger partial charge in [-0.2, -0.15) is 0 Å². The Hall–Kier alpha value is -1.10. The van der Waals surface area contributed by atoms with Gasteiger partial charge in [0.15, 0.2) is 6.23 Å². The lowest BCUT2D eigenvalue weighted by molar-refractivity contribution is -1.02. The molecular formula is C21H29N2O2+. The number of aliphatic hydroxyl groups excluding tert-OH is 2. The average Bonchev–Trinajstić information content (AvgIpc) is 2.99. The third-order valence-electron chi connectivity index (χ3n) is 9.39. The highest BCUT2D eigenvalue weighted by Crippen LogP contribution is 2.70. The van der Waals surface area contributed by atoms with Crippen molar-refractivity contribution < 1.29 is 14.7 Å². The Balaban J connectivity index is 1.63. The molecule has 0 unspecified atom stereocenters. The maximum atomic E-state index is 11.7. The second-order valence-electron chi connectivity index (χ2n) is 9.58. The van der Waals surface area contributed by atoms with Crippen molar-refractivity contribution in [3.8, 4) is 0 Å². The second kappa shape index (κ2) is 4.24. The molecule has 1 aromatic rings. The summed E-state index contributed by atoms with van der Waals surface area (Å²) < 4.78 is 0.779. The summed E-state index contributed by atoms with van der Waals surface area (Å²) >= 11 is 0. The molecule has 5 aliphatic heterocycles. The van der Waals surface area contributed by atoms with Crippen LogP contribution in [0, 0.1) is 17.8 Å². The molecule has 25 heavy (non-hydrogen) atoms. The van der Waals surface area contributed by atoms with Gasteiger partial charge in [-0.25, -0.2) is 0 Å². The zero-order valence-corrected chi connectivity index (χ0v) is 15.3. The van der Waals surface area contributed by atoms with Gasteiger partial charge < -0.3 is 15.1 Å². The first-order valence-corrected chi connectivity index (χ1v) is 10.0.